The van der Waals surface area contributed by atoms with Crippen molar-refractivity contribution in [2.75, 3.05) is 0 Å². The van der Waals surface area contributed by atoms with Crippen LogP contribution in [0.1, 0.15) is 44.5 Å². The van der Waals surface area contributed by atoms with Crippen LogP contribution in [0.3, 0.4) is 0 Å². The highest BCUT2D eigenvalue weighted by molar-refractivity contribution is 5.74. The molecule has 0 aliphatic heterocycles. The normalized spacial score (nSPS) is 23.3. The molecule has 0 aromatic carbocycles. The summed E-state index contributed by atoms with van der Waals surface area (Å²) in [7, 11) is 1.51. The van der Waals surface area contributed by atoms with Gasteiger partial charge < -0.3 is 10.6 Å². The molecule has 1 aromatic rings. The van der Waals surface area contributed by atoms with Gasteiger partial charge in [0.05, 0.1) is 12.0 Å². The molecule has 3 atom stereocenters. The van der Waals surface area contributed by atoms with E-state index in [1.807, 2.05) is 0 Å². The highest BCUT2D eigenvalue weighted by Gasteiger charge is 2.42. The van der Waals surface area contributed by atoms with Gasteiger partial charge in [0.25, 0.3) is 0 Å². The van der Waals surface area contributed by atoms with Crippen molar-refractivity contribution in [2.45, 2.75) is 50.9 Å². The number of nitrogens with zero attached hydrogens (tertiary/aromatic N) is 2. The lowest BCUT2D eigenvalue weighted by Gasteiger charge is -2.31. The smallest absolute Gasteiger partial charge is 0.335 e. The minimum Gasteiger partial charge on any atom is -0.335 e. The van der Waals surface area contributed by atoms with Crippen LogP contribution in [0.25, 0.3) is 0 Å². The zero-order valence-corrected chi connectivity index (χ0v) is 12.9. The van der Waals surface area contributed by atoms with Crippen molar-refractivity contribution in [2.24, 2.45) is 13.0 Å². The van der Waals surface area contributed by atoms with Crippen LogP contribution in [-0.2, 0) is 7.05 Å². The molecule has 1 saturated carbocycles. The van der Waals surface area contributed by atoms with Crippen molar-refractivity contribution < 1.29 is 18.0 Å². The van der Waals surface area contributed by atoms with Gasteiger partial charge in [-0.3, -0.25) is 4.57 Å². The van der Waals surface area contributed by atoms with Gasteiger partial charge in [-0.15, -0.1) is 0 Å². The Morgan fingerprint density at radius 1 is 1.43 bits per heavy atom. The quantitative estimate of drug-likeness (QED) is 0.783. The Morgan fingerprint density at radius 2 is 2.13 bits per heavy atom. The fraction of sp³-hybridized carbons (Fsp3) is 0.769. The number of carbonyl (C=O) groups excluding carboxylic acids is 1. The molecule has 3 N–H and O–H groups in total. The number of hydrogen-bond donors (Lipinski definition) is 3. The maximum Gasteiger partial charge on any atom is 0.391 e. The number of aromatic amines is 1. The number of halogens is 3. The number of rotatable bonds is 3. The lowest BCUT2D eigenvalue weighted by Crippen LogP contribution is -2.46. The van der Waals surface area contributed by atoms with E-state index in [2.05, 4.69) is 20.8 Å². The maximum absolute atomic E-state index is 12.8. The molecule has 2 amide bonds. The largest absolute Gasteiger partial charge is 0.391 e. The zero-order chi connectivity index (χ0) is 17.2. The first-order valence-electron chi connectivity index (χ1n) is 7.43. The van der Waals surface area contributed by atoms with Crippen LogP contribution in [-0.4, -0.2) is 33.0 Å². The zero-order valence-electron chi connectivity index (χ0n) is 12.9. The molecule has 23 heavy (non-hydrogen) atoms. The Kier molecular flexibility index (Phi) is 5.00. The summed E-state index contributed by atoms with van der Waals surface area (Å²) in [6.45, 7) is 1.63. The van der Waals surface area contributed by atoms with Crippen LogP contribution in [0.4, 0.5) is 18.0 Å². The molecule has 1 aliphatic carbocycles. The summed E-state index contributed by atoms with van der Waals surface area (Å²) in [5.74, 6) is -1.03. The van der Waals surface area contributed by atoms with Crippen LogP contribution in [0, 0.1) is 5.92 Å². The van der Waals surface area contributed by atoms with Gasteiger partial charge in [0.15, 0.2) is 5.82 Å². The van der Waals surface area contributed by atoms with Crippen LogP contribution >= 0.6 is 0 Å². The van der Waals surface area contributed by atoms with Gasteiger partial charge in [-0.25, -0.2) is 14.7 Å². The fourth-order valence-corrected chi connectivity index (χ4v) is 2.85. The summed E-state index contributed by atoms with van der Waals surface area (Å²) in [5.41, 5.74) is -0.408. The molecule has 2 rings (SSSR count). The van der Waals surface area contributed by atoms with E-state index in [-0.39, 0.29) is 12.8 Å². The second kappa shape index (κ2) is 6.63. The van der Waals surface area contributed by atoms with E-state index in [1.165, 1.54) is 11.6 Å². The molecule has 1 aliphatic rings. The minimum absolute atomic E-state index is 0.105. The molecule has 0 bridgehead atoms. The molecule has 7 nitrogen and oxygen atoms in total. The topological polar surface area (TPSA) is 91.8 Å². The second-order valence-corrected chi connectivity index (χ2v) is 5.89. The number of alkyl halides is 3. The Balaban J connectivity index is 1.89. The number of nitrogens with one attached hydrogen (secondary N) is 3. The SMILES string of the molecule is C[C@H](NC(=O)N[C@H]1CCC[C@H](C(F)(F)F)C1)c1n[nH]c(=O)n1C. The van der Waals surface area contributed by atoms with E-state index < -0.39 is 35.9 Å². The van der Waals surface area contributed by atoms with Crippen molar-refractivity contribution in [1.82, 2.24) is 25.4 Å². The van der Waals surface area contributed by atoms with E-state index >= 15 is 0 Å². The number of carbonyl (C=O) groups is 1. The Morgan fingerprint density at radius 3 is 2.70 bits per heavy atom. The van der Waals surface area contributed by atoms with Crippen LogP contribution < -0.4 is 16.3 Å². The first kappa shape index (κ1) is 17.4. The van der Waals surface area contributed by atoms with E-state index in [1.54, 1.807) is 6.92 Å². The molecule has 0 spiro atoms. The monoisotopic (exact) mass is 335 g/mol. The summed E-state index contributed by atoms with van der Waals surface area (Å²) in [6.07, 6.45) is -3.27. The van der Waals surface area contributed by atoms with E-state index in [4.69, 9.17) is 0 Å². The maximum atomic E-state index is 12.8. The number of aromatic nitrogens is 3. The Bertz CT molecular complexity index is 609. The van der Waals surface area contributed by atoms with Gasteiger partial charge in [0.1, 0.15) is 0 Å². The highest BCUT2D eigenvalue weighted by atomic mass is 19.4. The Labute approximate surface area is 130 Å². The highest BCUT2D eigenvalue weighted by Crippen LogP contribution is 2.37. The molecule has 1 fully saturated rings. The molecule has 0 unspecified atom stereocenters. The molecular formula is C13H20F3N5O2. The first-order valence-corrected chi connectivity index (χ1v) is 7.43. The van der Waals surface area contributed by atoms with E-state index in [9.17, 15) is 22.8 Å². The first-order chi connectivity index (χ1) is 10.7. The second-order valence-electron chi connectivity index (χ2n) is 5.89. The lowest BCUT2D eigenvalue weighted by atomic mass is 9.85. The number of urea groups is 1. The molecule has 1 aromatic heterocycles. The van der Waals surface area contributed by atoms with Crippen molar-refractivity contribution in [3.05, 3.63) is 16.3 Å². The summed E-state index contributed by atoms with van der Waals surface area (Å²) < 4.78 is 39.5. The molecule has 130 valence electrons. The van der Waals surface area contributed by atoms with Crippen molar-refractivity contribution in [3.8, 4) is 0 Å². The molecule has 1 heterocycles. The number of H-pyrrole nitrogens is 1. The average Bonchev–Trinajstić information content (AvgIpc) is 2.78. The summed E-state index contributed by atoms with van der Waals surface area (Å²) in [5, 5.41) is 11.2. The summed E-state index contributed by atoms with van der Waals surface area (Å²) in [4.78, 5) is 23.2. The number of amides is 2. The van der Waals surface area contributed by atoms with E-state index in [0.29, 0.717) is 18.7 Å². The Hall–Kier alpha value is -2.00. The van der Waals surface area contributed by atoms with E-state index in [0.717, 1.165) is 0 Å². The molecule has 0 saturated heterocycles. The lowest BCUT2D eigenvalue weighted by molar-refractivity contribution is -0.183. The predicted octanol–water partition coefficient (Wildman–Crippen LogP) is 1.59. The van der Waals surface area contributed by atoms with Crippen molar-refractivity contribution >= 4 is 6.03 Å². The van der Waals surface area contributed by atoms with Crippen molar-refractivity contribution in [1.29, 1.82) is 0 Å². The predicted molar refractivity (Wildman–Crippen MR) is 75.7 cm³/mol. The third-order valence-corrected chi connectivity index (χ3v) is 4.12. The van der Waals surface area contributed by atoms with Gasteiger partial charge in [0.2, 0.25) is 0 Å². The summed E-state index contributed by atoms with van der Waals surface area (Å²) in [6, 6.07) is -1.63. The van der Waals surface area contributed by atoms with Gasteiger partial charge in [-0.05, 0) is 26.2 Å². The summed E-state index contributed by atoms with van der Waals surface area (Å²) >= 11 is 0. The van der Waals surface area contributed by atoms with Gasteiger partial charge >= 0.3 is 17.9 Å². The van der Waals surface area contributed by atoms with Gasteiger partial charge in [-0.2, -0.15) is 18.3 Å². The molecular weight excluding hydrogens is 315 g/mol. The standard InChI is InChI=1S/C13H20F3N5O2/c1-7(10-19-20-12(23)21(10)2)17-11(22)18-9-5-3-4-8(6-9)13(14,15)16/h7-9H,3-6H2,1-2H3,(H,20,23)(H2,17,18,22)/t7-,8-,9-/m0/s1. The van der Waals surface area contributed by atoms with Gasteiger partial charge in [-0.1, -0.05) is 6.42 Å². The van der Waals surface area contributed by atoms with Gasteiger partial charge in [0, 0.05) is 13.1 Å². The number of hydrogen-bond acceptors (Lipinski definition) is 3. The van der Waals surface area contributed by atoms with Crippen LogP contribution in [0.15, 0.2) is 4.79 Å². The fourth-order valence-electron chi connectivity index (χ4n) is 2.85. The molecule has 10 heteroatoms. The van der Waals surface area contributed by atoms with Crippen molar-refractivity contribution in [3.63, 3.8) is 0 Å². The van der Waals surface area contributed by atoms with Crippen LogP contribution in [0.5, 0.6) is 0 Å². The minimum atomic E-state index is -4.22. The average molecular weight is 335 g/mol. The third kappa shape index (κ3) is 4.26. The third-order valence-electron chi connectivity index (χ3n) is 4.12. The molecule has 0 radical (unpaired) electrons. The van der Waals surface area contributed by atoms with Crippen LogP contribution in [0.2, 0.25) is 0 Å².